The van der Waals surface area contributed by atoms with Crippen LogP contribution in [0.15, 0.2) is 12.1 Å². The second-order valence-electron chi connectivity index (χ2n) is 2.99. The summed E-state index contributed by atoms with van der Waals surface area (Å²) in [4.78, 5) is 22.5. The number of ether oxygens (including phenoxy) is 1. The van der Waals surface area contributed by atoms with Gasteiger partial charge < -0.3 is 4.74 Å². The third-order valence-electron chi connectivity index (χ3n) is 1.90. The van der Waals surface area contributed by atoms with Crippen LogP contribution in [0.5, 0.6) is 0 Å². The van der Waals surface area contributed by atoms with E-state index < -0.39 is 6.09 Å². The minimum Gasteiger partial charge on any atom is -0.453 e. The van der Waals surface area contributed by atoms with Gasteiger partial charge in [0.1, 0.15) is 0 Å². The number of ketones is 1. The minimum absolute atomic E-state index is 0.154. The van der Waals surface area contributed by atoms with Gasteiger partial charge in [-0.2, -0.15) is 0 Å². The van der Waals surface area contributed by atoms with Gasteiger partial charge in [0.05, 0.1) is 28.2 Å². The zero-order valence-corrected chi connectivity index (χ0v) is 11.8. The summed E-state index contributed by atoms with van der Waals surface area (Å²) in [6.07, 6.45) is -0.687. The minimum atomic E-state index is -0.687. The monoisotopic (exact) mass is 339 g/mol. The summed E-state index contributed by atoms with van der Waals surface area (Å²) in [6.45, 7) is 0. The van der Waals surface area contributed by atoms with Gasteiger partial charge in [-0.15, -0.1) is 0 Å². The molecule has 0 unspecified atom stereocenters. The van der Waals surface area contributed by atoms with E-state index >= 15 is 0 Å². The third-order valence-corrected chi connectivity index (χ3v) is 3.00. The van der Waals surface area contributed by atoms with E-state index in [4.69, 9.17) is 23.2 Å². The highest BCUT2D eigenvalue weighted by atomic mass is 79.9. The molecule has 7 heteroatoms. The molecule has 1 rings (SSSR count). The van der Waals surface area contributed by atoms with E-state index in [0.717, 1.165) is 0 Å². The van der Waals surface area contributed by atoms with Crippen LogP contribution < -0.4 is 5.32 Å². The molecule has 0 bridgehead atoms. The summed E-state index contributed by atoms with van der Waals surface area (Å²) in [7, 11) is 1.22. The second kappa shape index (κ2) is 6.23. The molecule has 0 spiro atoms. The Morgan fingerprint density at radius 3 is 2.29 bits per heavy atom. The molecule has 0 aliphatic carbocycles. The molecule has 1 aromatic carbocycles. The number of nitrogens with one attached hydrogen (secondary N) is 1. The molecular formula is C10H8BrCl2NO3. The van der Waals surface area contributed by atoms with Crippen LogP contribution in [0.4, 0.5) is 10.5 Å². The van der Waals surface area contributed by atoms with Crippen molar-refractivity contribution in [1.29, 1.82) is 0 Å². The molecule has 1 N–H and O–H groups in total. The first-order valence-corrected chi connectivity index (χ1v) is 6.30. The molecule has 0 fully saturated rings. The van der Waals surface area contributed by atoms with Gasteiger partial charge in [0.25, 0.3) is 0 Å². The maximum atomic E-state index is 11.4. The Balaban J connectivity index is 3.10. The van der Waals surface area contributed by atoms with Gasteiger partial charge in [0.2, 0.25) is 0 Å². The van der Waals surface area contributed by atoms with Crippen LogP contribution in [0.2, 0.25) is 10.0 Å². The Kier molecular flexibility index (Phi) is 5.24. The van der Waals surface area contributed by atoms with Crippen molar-refractivity contribution in [3.63, 3.8) is 0 Å². The van der Waals surface area contributed by atoms with Gasteiger partial charge in [0.15, 0.2) is 5.78 Å². The Morgan fingerprint density at radius 1 is 1.35 bits per heavy atom. The molecule has 0 aliphatic heterocycles. The highest BCUT2D eigenvalue weighted by Crippen LogP contribution is 2.32. The highest BCUT2D eigenvalue weighted by Gasteiger charge is 2.14. The van der Waals surface area contributed by atoms with Crippen molar-refractivity contribution in [2.24, 2.45) is 0 Å². The van der Waals surface area contributed by atoms with Crippen LogP contribution in [-0.4, -0.2) is 24.3 Å². The molecule has 0 aromatic heterocycles. The SMILES string of the molecule is COC(=O)Nc1c(Cl)cc(C(=O)CBr)cc1Cl. The van der Waals surface area contributed by atoms with Gasteiger partial charge in [-0.3, -0.25) is 10.1 Å². The number of hydrogen-bond donors (Lipinski definition) is 1. The fraction of sp³-hybridized carbons (Fsp3) is 0.200. The van der Waals surface area contributed by atoms with E-state index in [2.05, 4.69) is 26.0 Å². The predicted molar refractivity (Wildman–Crippen MR) is 70.6 cm³/mol. The quantitative estimate of drug-likeness (QED) is 0.673. The molecule has 1 aromatic rings. The maximum absolute atomic E-state index is 11.4. The molecule has 0 radical (unpaired) electrons. The average Bonchev–Trinajstić information content (AvgIpc) is 2.32. The molecule has 0 heterocycles. The lowest BCUT2D eigenvalue weighted by Crippen LogP contribution is -2.12. The van der Waals surface area contributed by atoms with Gasteiger partial charge in [-0.1, -0.05) is 39.1 Å². The van der Waals surface area contributed by atoms with Gasteiger partial charge in [0, 0.05) is 5.56 Å². The molecular weight excluding hydrogens is 333 g/mol. The average molecular weight is 341 g/mol. The number of Topliss-reactive ketones (excluding diaryl/α,β-unsaturated/α-hetero) is 1. The number of amides is 1. The number of carbonyl (C=O) groups is 2. The lowest BCUT2D eigenvalue weighted by Gasteiger charge is -2.09. The van der Waals surface area contributed by atoms with Crippen molar-refractivity contribution in [2.45, 2.75) is 0 Å². The molecule has 17 heavy (non-hydrogen) atoms. The molecule has 0 aliphatic rings. The van der Waals surface area contributed by atoms with E-state index in [9.17, 15) is 9.59 Å². The van der Waals surface area contributed by atoms with Crippen LogP contribution in [0.3, 0.4) is 0 Å². The standard InChI is InChI=1S/C10H8BrCl2NO3/c1-17-10(16)14-9-6(12)2-5(3-7(9)13)8(15)4-11/h2-3H,4H2,1H3,(H,14,16). The van der Waals surface area contributed by atoms with E-state index in [1.165, 1.54) is 19.2 Å². The number of methoxy groups -OCH3 is 1. The van der Waals surface area contributed by atoms with E-state index in [0.29, 0.717) is 5.56 Å². The number of alkyl halides is 1. The molecule has 1 amide bonds. The van der Waals surface area contributed by atoms with Crippen LogP contribution in [0, 0.1) is 0 Å². The fourth-order valence-corrected chi connectivity index (χ4v) is 1.99. The van der Waals surface area contributed by atoms with Crippen LogP contribution in [0.1, 0.15) is 10.4 Å². The van der Waals surface area contributed by atoms with E-state index in [1.54, 1.807) is 0 Å². The number of hydrogen-bond acceptors (Lipinski definition) is 3. The van der Waals surface area contributed by atoms with Gasteiger partial charge in [-0.05, 0) is 12.1 Å². The Morgan fingerprint density at radius 2 is 1.88 bits per heavy atom. The topological polar surface area (TPSA) is 55.4 Å². The lowest BCUT2D eigenvalue weighted by atomic mass is 10.1. The van der Waals surface area contributed by atoms with Crippen molar-refractivity contribution < 1.29 is 14.3 Å². The molecule has 0 saturated carbocycles. The summed E-state index contributed by atoms with van der Waals surface area (Å²) in [6, 6.07) is 2.87. The largest absolute Gasteiger partial charge is 0.453 e. The summed E-state index contributed by atoms with van der Waals surface area (Å²) in [5.41, 5.74) is 0.582. The maximum Gasteiger partial charge on any atom is 0.411 e. The van der Waals surface area contributed by atoms with Crippen LogP contribution >= 0.6 is 39.1 Å². The summed E-state index contributed by atoms with van der Waals surface area (Å²) >= 11 is 14.9. The lowest BCUT2D eigenvalue weighted by molar-refractivity contribution is 0.102. The van der Waals surface area contributed by atoms with Crippen molar-refractivity contribution >= 4 is 56.7 Å². The van der Waals surface area contributed by atoms with Crippen molar-refractivity contribution in [3.05, 3.63) is 27.7 Å². The van der Waals surface area contributed by atoms with Crippen molar-refractivity contribution in [2.75, 3.05) is 17.8 Å². The molecule has 92 valence electrons. The molecule has 0 saturated heterocycles. The number of benzene rings is 1. The predicted octanol–water partition coefficient (Wildman–Crippen LogP) is 3.75. The van der Waals surface area contributed by atoms with Crippen LogP contribution in [-0.2, 0) is 4.74 Å². The smallest absolute Gasteiger partial charge is 0.411 e. The number of halogens is 3. The van der Waals surface area contributed by atoms with Gasteiger partial charge >= 0.3 is 6.09 Å². The van der Waals surface area contributed by atoms with E-state index in [-0.39, 0.29) is 26.8 Å². The van der Waals surface area contributed by atoms with E-state index in [1.807, 2.05) is 0 Å². The summed E-state index contributed by atoms with van der Waals surface area (Å²) in [5, 5.41) is 2.88. The Hall–Kier alpha value is -0.780. The molecule has 4 nitrogen and oxygen atoms in total. The van der Waals surface area contributed by atoms with Crippen molar-refractivity contribution in [1.82, 2.24) is 0 Å². The van der Waals surface area contributed by atoms with Gasteiger partial charge in [-0.25, -0.2) is 4.79 Å². The zero-order chi connectivity index (χ0) is 13.0. The first kappa shape index (κ1) is 14.3. The summed E-state index contributed by atoms with van der Waals surface area (Å²) in [5.74, 6) is -0.154. The first-order valence-electron chi connectivity index (χ1n) is 4.42. The number of rotatable bonds is 3. The number of carbonyl (C=O) groups excluding carboxylic acids is 2. The second-order valence-corrected chi connectivity index (χ2v) is 4.36. The number of anilines is 1. The fourth-order valence-electron chi connectivity index (χ4n) is 1.08. The zero-order valence-electron chi connectivity index (χ0n) is 8.72. The van der Waals surface area contributed by atoms with Crippen LogP contribution in [0.25, 0.3) is 0 Å². The molecule has 0 atom stereocenters. The normalized spacial score (nSPS) is 9.88. The third kappa shape index (κ3) is 3.59. The Bertz CT molecular complexity index is 442. The highest BCUT2D eigenvalue weighted by molar-refractivity contribution is 9.09. The Labute approximate surface area is 116 Å². The van der Waals surface area contributed by atoms with Crippen molar-refractivity contribution in [3.8, 4) is 0 Å². The summed E-state index contributed by atoms with van der Waals surface area (Å²) < 4.78 is 4.42. The first-order chi connectivity index (χ1) is 7.99.